The molecule has 5 nitrogen and oxygen atoms in total. The summed E-state index contributed by atoms with van der Waals surface area (Å²) in [6, 6.07) is 6.51. The van der Waals surface area contributed by atoms with Gasteiger partial charge >= 0.3 is 5.97 Å². The van der Waals surface area contributed by atoms with Gasteiger partial charge in [-0.05, 0) is 36.6 Å². The van der Waals surface area contributed by atoms with Crippen molar-refractivity contribution in [2.24, 2.45) is 0 Å². The van der Waals surface area contributed by atoms with E-state index in [9.17, 15) is 9.59 Å². The highest BCUT2D eigenvalue weighted by Crippen LogP contribution is 2.23. The van der Waals surface area contributed by atoms with Crippen LogP contribution < -0.4 is 0 Å². The number of aliphatic carboxylic acids is 1. The summed E-state index contributed by atoms with van der Waals surface area (Å²) >= 11 is 0. The summed E-state index contributed by atoms with van der Waals surface area (Å²) in [5.41, 5.74) is 2.33. The average Bonchev–Trinajstić information content (AvgIpc) is 2.73. The second-order valence-electron chi connectivity index (χ2n) is 4.67. The molecule has 0 saturated carbocycles. The Balaban J connectivity index is 2.23. The van der Waals surface area contributed by atoms with Crippen molar-refractivity contribution >= 4 is 11.9 Å². The summed E-state index contributed by atoms with van der Waals surface area (Å²) in [6.07, 6.45) is 0.649. The van der Waals surface area contributed by atoms with Crippen LogP contribution in [-0.2, 0) is 16.1 Å². The molecule has 1 aromatic carbocycles. The van der Waals surface area contributed by atoms with Crippen LogP contribution in [0, 0.1) is 18.3 Å². The van der Waals surface area contributed by atoms with Gasteiger partial charge in [0.25, 0.3) is 0 Å². The molecule has 0 aromatic heterocycles. The maximum atomic E-state index is 11.7. The topological polar surface area (TPSA) is 81.4 Å². The zero-order valence-electron chi connectivity index (χ0n) is 10.6. The zero-order valence-corrected chi connectivity index (χ0v) is 10.6. The summed E-state index contributed by atoms with van der Waals surface area (Å²) in [7, 11) is 0. The fourth-order valence-electron chi connectivity index (χ4n) is 2.31. The number of benzene rings is 1. The molecule has 0 bridgehead atoms. The van der Waals surface area contributed by atoms with Gasteiger partial charge in [0.2, 0.25) is 5.91 Å². The van der Waals surface area contributed by atoms with Gasteiger partial charge in [-0.15, -0.1) is 0 Å². The third-order valence-electron chi connectivity index (χ3n) is 3.43. The predicted molar refractivity (Wildman–Crippen MR) is 67.1 cm³/mol. The molecule has 1 aliphatic rings. The number of carboxylic acid groups (broad SMARTS) is 1. The number of hydrogen-bond acceptors (Lipinski definition) is 3. The van der Waals surface area contributed by atoms with E-state index in [0.29, 0.717) is 12.0 Å². The van der Waals surface area contributed by atoms with E-state index < -0.39 is 12.0 Å². The van der Waals surface area contributed by atoms with Crippen LogP contribution in [0.4, 0.5) is 0 Å². The summed E-state index contributed by atoms with van der Waals surface area (Å²) in [5, 5.41) is 17.9. The lowest BCUT2D eigenvalue weighted by atomic mass is 10.0. The van der Waals surface area contributed by atoms with Gasteiger partial charge in [-0.3, -0.25) is 4.79 Å². The van der Waals surface area contributed by atoms with Crippen molar-refractivity contribution in [3.8, 4) is 6.07 Å². The number of amides is 1. The molecule has 1 heterocycles. The minimum absolute atomic E-state index is 0.129. The van der Waals surface area contributed by atoms with Crippen LogP contribution in [0.1, 0.15) is 29.5 Å². The first-order valence-corrected chi connectivity index (χ1v) is 6.05. The first kappa shape index (κ1) is 13.1. The Morgan fingerprint density at radius 2 is 2.32 bits per heavy atom. The van der Waals surface area contributed by atoms with E-state index in [1.165, 1.54) is 4.90 Å². The summed E-state index contributed by atoms with van der Waals surface area (Å²) in [4.78, 5) is 24.2. The van der Waals surface area contributed by atoms with Crippen LogP contribution in [-0.4, -0.2) is 27.9 Å². The van der Waals surface area contributed by atoms with Crippen LogP contribution in [0.3, 0.4) is 0 Å². The minimum Gasteiger partial charge on any atom is -0.480 e. The minimum atomic E-state index is -0.961. The Morgan fingerprint density at radius 1 is 1.58 bits per heavy atom. The van der Waals surface area contributed by atoms with Crippen LogP contribution in [0.25, 0.3) is 0 Å². The highest BCUT2D eigenvalue weighted by molar-refractivity contribution is 5.87. The number of carbonyl (C=O) groups is 2. The summed E-state index contributed by atoms with van der Waals surface area (Å²) in [6.45, 7) is 2.14. The fourth-order valence-corrected chi connectivity index (χ4v) is 2.31. The number of rotatable bonds is 3. The molecule has 0 radical (unpaired) electrons. The first-order chi connectivity index (χ1) is 9.02. The van der Waals surface area contributed by atoms with Crippen LogP contribution in [0.15, 0.2) is 18.2 Å². The molecule has 0 aliphatic carbocycles. The number of nitrogens with zero attached hydrogens (tertiary/aromatic N) is 2. The Labute approximate surface area is 111 Å². The molecular formula is C14H14N2O3. The molecule has 1 N–H and O–H groups in total. The fraction of sp³-hybridized carbons (Fsp3) is 0.357. The van der Waals surface area contributed by atoms with E-state index >= 15 is 0 Å². The lowest BCUT2D eigenvalue weighted by Gasteiger charge is -2.22. The van der Waals surface area contributed by atoms with Gasteiger partial charge in [0.1, 0.15) is 6.04 Å². The van der Waals surface area contributed by atoms with Crippen molar-refractivity contribution in [1.29, 1.82) is 5.26 Å². The number of likely N-dealkylation sites (tertiary alicyclic amines) is 1. The van der Waals surface area contributed by atoms with E-state index in [-0.39, 0.29) is 18.9 Å². The highest BCUT2D eigenvalue weighted by atomic mass is 16.4. The van der Waals surface area contributed by atoms with E-state index in [2.05, 4.69) is 0 Å². The van der Waals surface area contributed by atoms with Crippen molar-refractivity contribution in [2.75, 3.05) is 0 Å². The highest BCUT2D eigenvalue weighted by Gasteiger charge is 2.35. The largest absolute Gasteiger partial charge is 0.480 e. The molecule has 1 saturated heterocycles. The van der Waals surface area contributed by atoms with Gasteiger partial charge in [0, 0.05) is 13.0 Å². The molecule has 19 heavy (non-hydrogen) atoms. The van der Waals surface area contributed by atoms with Crippen LogP contribution >= 0.6 is 0 Å². The number of carboxylic acids is 1. The SMILES string of the molecule is Cc1cc(C#N)ccc1CN1C(=O)CCC1C(=O)O. The Morgan fingerprint density at radius 3 is 2.89 bits per heavy atom. The van der Waals surface area contributed by atoms with E-state index in [1.54, 1.807) is 18.2 Å². The predicted octanol–water partition coefficient (Wildman–Crippen LogP) is 1.44. The van der Waals surface area contributed by atoms with E-state index in [1.807, 2.05) is 13.0 Å². The Hall–Kier alpha value is -2.35. The van der Waals surface area contributed by atoms with E-state index in [0.717, 1.165) is 11.1 Å². The van der Waals surface area contributed by atoms with Crippen molar-refractivity contribution in [1.82, 2.24) is 4.90 Å². The lowest BCUT2D eigenvalue weighted by molar-refractivity contribution is -0.146. The summed E-state index contributed by atoms with van der Waals surface area (Å²) < 4.78 is 0. The van der Waals surface area contributed by atoms with E-state index in [4.69, 9.17) is 10.4 Å². The molecule has 1 aliphatic heterocycles. The first-order valence-electron chi connectivity index (χ1n) is 6.05. The zero-order chi connectivity index (χ0) is 14.0. The monoisotopic (exact) mass is 258 g/mol. The molecule has 1 amide bonds. The third kappa shape index (κ3) is 2.58. The molecule has 1 fully saturated rings. The van der Waals surface area contributed by atoms with Crippen molar-refractivity contribution in [3.63, 3.8) is 0 Å². The van der Waals surface area contributed by atoms with Gasteiger partial charge in [-0.2, -0.15) is 5.26 Å². The van der Waals surface area contributed by atoms with Gasteiger partial charge < -0.3 is 10.0 Å². The lowest BCUT2D eigenvalue weighted by Crippen LogP contribution is -2.38. The van der Waals surface area contributed by atoms with Gasteiger partial charge in [0.15, 0.2) is 0 Å². The van der Waals surface area contributed by atoms with Gasteiger partial charge in [-0.1, -0.05) is 6.07 Å². The Kier molecular flexibility index (Phi) is 3.52. The van der Waals surface area contributed by atoms with Gasteiger partial charge in [0.05, 0.1) is 11.6 Å². The third-order valence-corrected chi connectivity index (χ3v) is 3.43. The molecule has 0 spiro atoms. The standard InChI is InChI=1S/C14H14N2O3/c1-9-6-10(7-15)2-3-11(9)8-16-12(14(18)19)4-5-13(16)17/h2-3,6,12H,4-5,8H2,1H3,(H,18,19). The molecule has 2 rings (SSSR count). The molecule has 5 heteroatoms. The number of hydrogen-bond donors (Lipinski definition) is 1. The van der Waals surface area contributed by atoms with Crippen LogP contribution in [0.5, 0.6) is 0 Å². The smallest absolute Gasteiger partial charge is 0.326 e. The summed E-state index contributed by atoms with van der Waals surface area (Å²) in [5.74, 6) is -1.09. The Bertz CT molecular complexity index is 575. The molecule has 1 unspecified atom stereocenters. The average molecular weight is 258 g/mol. The number of aryl methyl sites for hydroxylation is 1. The number of carbonyl (C=O) groups excluding carboxylic acids is 1. The normalized spacial score (nSPS) is 18.4. The second-order valence-corrected chi connectivity index (χ2v) is 4.67. The maximum absolute atomic E-state index is 11.7. The molecule has 1 atom stereocenters. The molecule has 1 aromatic rings. The number of nitriles is 1. The second kappa shape index (κ2) is 5.11. The van der Waals surface area contributed by atoms with Gasteiger partial charge in [-0.25, -0.2) is 4.79 Å². The maximum Gasteiger partial charge on any atom is 0.326 e. The van der Waals surface area contributed by atoms with Crippen LogP contribution in [0.2, 0.25) is 0 Å². The molecular weight excluding hydrogens is 244 g/mol. The van der Waals surface area contributed by atoms with Crippen molar-refractivity contribution in [3.05, 3.63) is 34.9 Å². The molecule has 98 valence electrons. The quantitative estimate of drug-likeness (QED) is 0.889. The van der Waals surface area contributed by atoms with Crippen molar-refractivity contribution < 1.29 is 14.7 Å². The van der Waals surface area contributed by atoms with Crippen molar-refractivity contribution in [2.45, 2.75) is 32.4 Å².